The molecule has 0 spiro atoms. The fourth-order valence-corrected chi connectivity index (χ4v) is 14.9. The number of aliphatic hydroxyl groups is 1. The van der Waals surface area contributed by atoms with Gasteiger partial charge in [-0.3, -0.25) is 29.2 Å². The number of hydrogen-bond donors (Lipinski definition) is 5. The summed E-state index contributed by atoms with van der Waals surface area (Å²) in [6, 6.07) is 16.8. The number of thiazole rings is 1. The number of aromatic nitrogens is 4. The number of hydrogen-bond acceptors (Lipinski definition) is 15. The van der Waals surface area contributed by atoms with Gasteiger partial charge < -0.3 is 40.7 Å². The summed E-state index contributed by atoms with van der Waals surface area (Å²) in [6.07, 6.45) is 6.33. The number of benzene rings is 3. The number of aliphatic hydroxyl groups excluding tert-OH is 1. The summed E-state index contributed by atoms with van der Waals surface area (Å²) in [6.45, 7) is 17.1. The van der Waals surface area contributed by atoms with E-state index in [9.17, 15) is 24.6 Å². The normalized spacial score (nSPS) is 23.7. The molecule has 6 aliphatic rings. The minimum absolute atomic E-state index is 0.00271. The van der Waals surface area contributed by atoms with Gasteiger partial charge in [0.1, 0.15) is 35.9 Å². The molecule has 12 rings (SSSR count). The van der Waals surface area contributed by atoms with Gasteiger partial charge in [0.2, 0.25) is 17.7 Å². The minimum Gasteiger partial charge on any atom is -0.508 e. The van der Waals surface area contributed by atoms with Crippen molar-refractivity contribution in [2.45, 2.75) is 141 Å². The number of β-amino-alcohol motifs (C(OH)–C–C–N with tert-alkyl or cyclic N) is 1. The van der Waals surface area contributed by atoms with Crippen LogP contribution in [0.1, 0.15) is 120 Å². The Morgan fingerprint density at radius 2 is 1.68 bits per heavy atom. The van der Waals surface area contributed by atoms with Crippen LogP contribution in [0.2, 0.25) is 0 Å². The molecule has 0 saturated carbocycles. The number of ether oxygens (including phenoxy) is 1. The van der Waals surface area contributed by atoms with E-state index in [4.69, 9.17) is 19.7 Å². The number of piperidine rings is 2. The van der Waals surface area contributed by atoms with E-state index >= 15 is 4.39 Å². The van der Waals surface area contributed by atoms with E-state index in [1.807, 2.05) is 99.8 Å². The highest BCUT2D eigenvalue weighted by atomic mass is 32.1. The topological polar surface area (TPSA) is 202 Å². The van der Waals surface area contributed by atoms with Crippen LogP contribution in [-0.2, 0) is 14.4 Å². The Bertz CT molecular complexity index is 3360. The molecule has 434 valence electrons. The van der Waals surface area contributed by atoms with E-state index in [1.54, 1.807) is 11.3 Å². The molecule has 3 aromatic heterocycles. The van der Waals surface area contributed by atoms with Crippen LogP contribution in [0.25, 0.3) is 43.4 Å². The zero-order chi connectivity index (χ0) is 57.2. The molecule has 17 nitrogen and oxygen atoms in total. The summed E-state index contributed by atoms with van der Waals surface area (Å²) in [5, 5.41) is 34.4. The fraction of sp³-hybridized carbons (Fsp3) is 0.540. The zero-order valence-electron chi connectivity index (χ0n) is 48.1. The summed E-state index contributed by atoms with van der Waals surface area (Å²) < 4.78 is 23.2. The number of likely N-dealkylation sites (tertiary alicyclic amines) is 3. The number of nitrogens with one attached hydrogen (secondary N) is 3. The number of phenolic OH excluding ortho intramolecular Hbond substituents is 1. The lowest BCUT2D eigenvalue weighted by Gasteiger charge is -2.40. The number of fused-ring (bicyclic) bond motifs is 6. The van der Waals surface area contributed by atoms with Gasteiger partial charge in [0.15, 0.2) is 0 Å². The van der Waals surface area contributed by atoms with Crippen molar-refractivity contribution < 1.29 is 33.7 Å². The van der Waals surface area contributed by atoms with Crippen molar-refractivity contribution in [3.05, 3.63) is 88.7 Å². The monoisotopic (exact) mass is 1140 g/mol. The van der Waals surface area contributed by atoms with Gasteiger partial charge in [0.25, 0.3) is 0 Å². The molecule has 8 heterocycles. The van der Waals surface area contributed by atoms with Gasteiger partial charge in [-0.1, -0.05) is 70.2 Å². The molecular formula is C63H78FN11O6S. The average Bonchev–Trinajstić information content (AvgIpc) is 2.23. The molecule has 5 aliphatic heterocycles. The van der Waals surface area contributed by atoms with E-state index in [1.165, 1.54) is 10.5 Å². The molecule has 19 heteroatoms. The van der Waals surface area contributed by atoms with E-state index < -0.39 is 35.2 Å². The highest BCUT2D eigenvalue weighted by Crippen LogP contribution is 2.49. The van der Waals surface area contributed by atoms with Crippen LogP contribution in [0.5, 0.6) is 11.8 Å². The van der Waals surface area contributed by atoms with Gasteiger partial charge >= 0.3 is 6.01 Å². The molecule has 0 radical (unpaired) electrons. The number of aromatic hydroxyl groups is 1. The van der Waals surface area contributed by atoms with E-state index in [0.717, 1.165) is 118 Å². The second-order valence-electron chi connectivity index (χ2n) is 25.5. The Morgan fingerprint density at radius 1 is 0.939 bits per heavy atom. The molecule has 3 unspecified atom stereocenters. The lowest BCUT2D eigenvalue weighted by molar-refractivity contribution is -0.144. The lowest BCUT2D eigenvalue weighted by Crippen LogP contribution is -2.59. The Labute approximate surface area is 483 Å². The van der Waals surface area contributed by atoms with Crippen LogP contribution in [-0.4, -0.2) is 164 Å². The second kappa shape index (κ2) is 22.7. The van der Waals surface area contributed by atoms with E-state index in [0.29, 0.717) is 63.6 Å². The molecule has 5 fully saturated rings. The molecule has 82 heavy (non-hydrogen) atoms. The Hall–Kier alpha value is -6.38. The molecule has 6 aromatic rings. The summed E-state index contributed by atoms with van der Waals surface area (Å²) in [5.41, 5.74) is 7.47. The van der Waals surface area contributed by atoms with Crippen molar-refractivity contribution in [1.82, 2.24) is 50.6 Å². The molecule has 5 N–H and O–H groups in total. The zero-order valence-corrected chi connectivity index (χ0v) is 48.9. The largest absolute Gasteiger partial charge is 0.508 e. The second-order valence-corrected chi connectivity index (χ2v) is 26.3. The third-order valence-corrected chi connectivity index (χ3v) is 19.6. The van der Waals surface area contributed by atoms with Crippen molar-refractivity contribution in [2.24, 2.45) is 11.3 Å². The fourth-order valence-electron chi connectivity index (χ4n) is 14.1. The first kappa shape index (κ1) is 56.1. The van der Waals surface area contributed by atoms with Crippen molar-refractivity contribution in [1.29, 1.82) is 0 Å². The van der Waals surface area contributed by atoms with Gasteiger partial charge in [-0.15, -0.1) is 11.3 Å². The molecular weight excluding hydrogens is 1060 g/mol. The number of rotatable bonds is 15. The third-order valence-electron chi connectivity index (χ3n) is 18.6. The van der Waals surface area contributed by atoms with Crippen LogP contribution >= 0.6 is 11.3 Å². The van der Waals surface area contributed by atoms with Crippen molar-refractivity contribution in [2.75, 3.05) is 70.4 Å². The van der Waals surface area contributed by atoms with Crippen LogP contribution in [0.4, 0.5) is 10.2 Å². The standard InChI is InChI=1S/C63H78FN11O6S/c1-36-47-9-7-8-42-26-45(76)27-48(53(42)47)54-52(36)55-49(30-65-54)58(74-31-43-14-15-44(32-74)68-43)71-61(70-55)81-25-24-72-20-16-39(17-21-72)29-63(64)18-22-73(23-19-63)34-51(78)69-57(62(4,5)6)60(80)75-33-46(77)28-50(75)59(79)67-37(2)40-10-12-41(13-11-40)56-38(3)66-35-82-56/h7-13,26-27,30,35-37,39,43-44,46,50,57,68,76-77H,14-25,28-29,31-34H2,1-6H3,(H,67,79)(H,69,78)/t36?,37-,43?,44?,46+,50-,57+/m0/s1. The number of halogens is 1. The molecule has 1 aliphatic carbocycles. The highest BCUT2D eigenvalue weighted by molar-refractivity contribution is 7.13. The van der Waals surface area contributed by atoms with Crippen molar-refractivity contribution in [3.8, 4) is 33.5 Å². The number of amides is 3. The lowest BCUT2D eigenvalue weighted by atomic mass is 9.79. The summed E-state index contributed by atoms with van der Waals surface area (Å²) in [5.74, 6) is 0.184. The smallest absolute Gasteiger partial charge is 0.319 e. The predicted octanol–water partition coefficient (Wildman–Crippen LogP) is 8.04. The van der Waals surface area contributed by atoms with Crippen LogP contribution < -0.4 is 25.6 Å². The van der Waals surface area contributed by atoms with Gasteiger partial charge in [0, 0.05) is 81.0 Å². The number of phenols is 1. The number of alkyl halides is 1. The maximum absolute atomic E-state index is 16.7. The van der Waals surface area contributed by atoms with Crippen LogP contribution in [0.15, 0.2) is 66.3 Å². The number of carbonyl (C=O) groups is 3. The minimum atomic E-state index is -1.32. The highest BCUT2D eigenvalue weighted by Gasteiger charge is 2.46. The average molecular weight is 1140 g/mol. The first-order valence-electron chi connectivity index (χ1n) is 29.7. The molecule has 3 amide bonds. The third kappa shape index (κ3) is 11.4. The quantitative estimate of drug-likeness (QED) is 0.0661. The molecule has 5 saturated heterocycles. The number of aryl methyl sites for hydroxylation is 1. The summed E-state index contributed by atoms with van der Waals surface area (Å²) >= 11 is 1.58. The van der Waals surface area contributed by atoms with Crippen molar-refractivity contribution >= 4 is 56.6 Å². The van der Waals surface area contributed by atoms with Gasteiger partial charge in [-0.25, -0.2) is 9.37 Å². The molecule has 2 bridgehead atoms. The number of nitrogens with zero attached hydrogens (tertiary/aromatic N) is 8. The predicted molar refractivity (Wildman–Crippen MR) is 317 cm³/mol. The Morgan fingerprint density at radius 3 is 2.39 bits per heavy atom. The molecule has 3 aromatic carbocycles. The maximum atomic E-state index is 16.7. The Balaban J connectivity index is 0.625. The Kier molecular flexibility index (Phi) is 15.5. The van der Waals surface area contributed by atoms with Crippen LogP contribution in [0, 0.1) is 18.3 Å². The maximum Gasteiger partial charge on any atom is 0.319 e. The first-order valence-corrected chi connectivity index (χ1v) is 30.6. The summed E-state index contributed by atoms with van der Waals surface area (Å²) in [7, 11) is 0. The number of pyridine rings is 1. The molecule has 7 atom stereocenters. The first-order chi connectivity index (χ1) is 39.3. The summed E-state index contributed by atoms with van der Waals surface area (Å²) in [4.78, 5) is 71.0. The van der Waals surface area contributed by atoms with Gasteiger partial charge in [-0.05, 0) is 123 Å². The SMILES string of the molecule is Cc1ncsc1-c1ccc([C@H](C)NC(=O)[C@@H]2C[C@@H](O)CN2C(=O)[C@@H](NC(=O)CN2CCC(F)(CC3CCN(CCOc4nc(N5CC6CCC(C5)N6)c5cnc6c(c5n4)C(C)c4cccc5cc(O)cc-6c45)CC3)CC2)C(C)(C)C)cc1. The van der Waals surface area contributed by atoms with Gasteiger partial charge in [-0.2, -0.15) is 9.97 Å². The number of carbonyl (C=O) groups excluding carboxylic acids is 3. The van der Waals surface area contributed by atoms with Crippen LogP contribution in [0.3, 0.4) is 0 Å². The number of piperazine rings is 1. The van der Waals surface area contributed by atoms with E-state index in [2.05, 4.69) is 43.7 Å². The number of anilines is 1. The van der Waals surface area contributed by atoms with Crippen molar-refractivity contribution in [3.63, 3.8) is 0 Å². The van der Waals surface area contributed by atoms with E-state index in [-0.39, 0.29) is 55.0 Å². The van der Waals surface area contributed by atoms with Gasteiger partial charge in [0.05, 0.1) is 51.4 Å².